The number of sulfone groups is 1. The summed E-state index contributed by atoms with van der Waals surface area (Å²) in [5.41, 5.74) is 2.12. The Hall–Kier alpha value is -3.94. The molecule has 3 heterocycles. The van der Waals surface area contributed by atoms with Crippen LogP contribution >= 0.6 is 0 Å². The zero-order chi connectivity index (χ0) is 28.6. The van der Waals surface area contributed by atoms with Crippen molar-refractivity contribution in [2.24, 2.45) is 5.92 Å². The molecule has 210 valence electrons. The number of amides is 2. The molecule has 1 saturated carbocycles. The van der Waals surface area contributed by atoms with Gasteiger partial charge in [-0.1, -0.05) is 12.1 Å². The minimum absolute atomic E-state index is 0.0479. The summed E-state index contributed by atoms with van der Waals surface area (Å²) in [7, 11) is -3.33. The zero-order valence-corrected chi connectivity index (χ0v) is 22.2. The van der Waals surface area contributed by atoms with Crippen molar-refractivity contribution in [2.75, 3.05) is 25.2 Å². The number of ether oxygens (including phenoxy) is 1. The lowest BCUT2D eigenvalue weighted by atomic mass is 9.91. The van der Waals surface area contributed by atoms with E-state index in [2.05, 4.69) is 15.6 Å². The van der Waals surface area contributed by atoms with E-state index in [1.807, 2.05) is 6.92 Å². The van der Waals surface area contributed by atoms with Gasteiger partial charge in [-0.05, 0) is 48.2 Å². The fourth-order valence-corrected chi connectivity index (χ4v) is 6.38. The number of pyridine rings is 1. The lowest BCUT2D eigenvalue weighted by molar-refractivity contribution is -0.153. The Balaban J connectivity index is 1.37. The van der Waals surface area contributed by atoms with E-state index in [4.69, 9.17) is 9.84 Å². The molecule has 1 fully saturated rings. The van der Waals surface area contributed by atoms with Crippen LogP contribution in [0.15, 0.2) is 36.5 Å². The van der Waals surface area contributed by atoms with Crippen LogP contribution in [-0.4, -0.2) is 66.3 Å². The van der Waals surface area contributed by atoms with E-state index in [1.54, 1.807) is 30.5 Å². The molecule has 3 aromatic rings. The number of nitrogens with zero attached hydrogens (tertiary/aromatic N) is 3. The summed E-state index contributed by atoms with van der Waals surface area (Å²) < 4.78 is 67.1. The zero-order valence-electron chi connectivity index (χ0n) is 21.4. The standard InChI is InChI=1S/C26H24F3N5O5S/c1-13-3-6-18(31-11-13)34-22(24(36)30-7-8-40(2,37)38)19-21(33-34)20-17-10-14-9-15(39-12-25(27,28)29)4-5-16(14)26(17,20)32-23(19)35/h3-6,9,11,17,20H,7-8,10,12H2,1-2H3,(H,30,36)(H,32,35)/t17?,20?,26-/m0/s1. The maximum absolute atomic E-state index is 13.6. The molecule has 2 unspecified atom stereocenters. The van der Waals surface area contributed by atoms with Gasteiger partial charge in [-0.25, -0.2) is 18.1 Å². The number of benzene rings is 1. The first-order chi connectivity index (χ1) is 18.8. The summed E-state index contributed by atoms with van der Waals surface area (Å²) in [5, 5.41) is 10.3. The van der Waals surface area contributed by atoms with Gasteiger partial charge in [0.1, 0.15) is 21.3 Å². The summed E-state index contributed by atoms with van der Waals surface area (Å²) >= 11 is 0. The highest BCUT2D eigenvalue weighted by molar-refractivity contribution is 7.90. The molecule has 0 radical (unpaired) electrons. The van der Waals surface area contributed by atoms with Gasteiger partial charge in [0.25, 0.3) is 11.8 Å². The highest BCUT2D eigenvalue weighted by Crippen LogP contribution is 2.71. The van der Waals surface area contributed by atoms with Gasteiger partial charge in [-0.2, -0.15) is 18.3 Å². The SMILES string of the molecule is Cc1ccc(-n2nc3c(c2C(=O)NCCS(C)(=O)=O)C(=O)N[C@@]24c5ccc(OCC(F)(F)F)cc5CC2C34)nc1. The maximum atomic E-state index is 13.6. The average molecular weight is 576 g/mol. The van der Waals surface area contributed by atoms with Crippen LogP contribution < -0.4 is 15.4 Å². The Bertz CT molecular complexity index is 1670. The van der Waals surface area contributed by atoms with E-state index in [0.717, 1.165) is 22.9 Å². The minimum Gasteiger partial charge on any atom is -0.484 e. The van der Waals surface area contributed by atoms with Crippen molar-refractivity contribution in [3.8, 4) is 11.6 Å². The predicted octanol–water partition coefficient (Wildman–Crippen LogP) is 2.20. The molecule has 1 aromatic carbocycles. The van der Waals surface area contributed by atoms with E-state index in [9.17, 15) is 31.2 Å². The van der Waals surface area contributed by atoms with Crippen molar-refractivity contribution >= 4 is 21.7 Å². The molecule has 6 rings (SSSR count). The monoisotopic (exact) mass is 575 g/mol. The topological polar surface area (TPSA) is 132 Å². The lowest BCUT2D eigenvalue weighted by Gasteiger charge is -2.24. The molecule has 3 aliphatic rings. The number of carbonyl (C=O) groups excluding carboxylic acids is 2. The first-order valence-corrected chi connectivity index (χ1v) is 14.5. The van der Waals surface area contributed by atoms with Crippen LogP contribution in [-0.2, 0) is 21.8 Å². The van der Waals surface area contributed by atoms with Gasteiger partial charge >= 0.3 is 6.18 Å². The Morgan fingerprint density at radius 1 is 1.27 bits per heavy atom. The molecular formula is C26H24F3N5O5S. The lowest BCUT2D eigenvalue weighted by Crippen LogP contribution is -2.41. The van der Waals surface area contributed by atoms with Crippen LogP contribution in [0.3, 0.4) is 0 Å². The maximum Gasteiger partial charge on any atom is 0.422 e. The van der Waals surface area contributed by atoms with E-state index in [-0.39, 0.29) is 41.1 Å². The van der Waals surface area contributed by atoms with Crippen molar-refractivity contribution in [3.05, 3.63) is 70.2 Å². The minimum atomic E-state index is -4.46. The van der Waals surface area contributed by atoms with Crippen molar-refractivity contribution in [1.29, 1.82) is 0 Å². The number of fused-ring (bicyclic) bond motifs is 4. The van der Waals surface area contributed by atoms with Gasteiger partial charge in [-0.3, -0.25) is 9.59 Å². The number of aryl methyl sites for hydroxylation is 1. The van der Waals surface area contributed by atoms with Crippen LogP contribution in [0.4, 0.5) is 13.2 Å². The second kappa shape index (κ2) is 8.78. The molecule has 2 N–H and O–H groups in total. The predicted molar refractivity (Wildman–Crippen MR) is 135 cm³/mol. The average Bonchev–Trinajstić information content (AvgIpc) is 3.17. The largest absolute Gasteiger partial charge is 0.484 e. The number of rotatable bonds is 7. The fraction of sp³-hybridized carbons (Fsp3) is 0.385. The highest BCUT2D eigenvalue weighted by atomic mass is 32.2. The Kier molecular flexibility index (Phi) is 5.77. The normalized spacial score (nSPS) is 22.5. The smallest absolute Gasteiger partial charge is 0.422 e. The van der Waals surface area contributed by atoms with E-state index in [1.165, 1.54) is 10.7 Å². The summed E-state index contributed by atoms with van der Waals surface area (Å²) in [6.07, 6.45) is -1.32. The third-order valence-corrected chi connectivity index (χ3v) is 8.52. The van der Waals surface area contributed by atoms with Crippen molar-refractivity contribution in [1.82, 2.24) is 25.4 Å². The fourth-order valence-electron chi connectivity index (χ4n) is 5.91. The number of nitrogens with one attached hydrogen (secondary N) is 2. The Morgan fingerprint density at radius 2 is 2.05 bits per heavy atom. The Morgan fingerprint density at radius 3 is 2.73 bits per heavy atom. The molecule has 40 heavy (non-hydrogen) atoms. The molecule has 3 atom stereocenters. The molecule has 10 nitrogen and oxygen atoms in total. The van der Waals surface area contributed by atoms with Crippen LogP contribution in [0.25, 0.3) is 5.82 Å². The number of hydrogen-bond donors (Lipinski definition) is 2. The molecule has 0 saturated heterocycles. The first-order valence-electron chi connectivity index (χ1n) is 12.5. The second-order valence-corrected chi connectivity index (χ2v) is 12.7. The summed E-state index contributed by atoms with van der Waals surface area (Å²) in [6.45, 7) is 0.300. The number of carbonyl (C=O) groups is 2. The molecule has 0 bridgehead atoms. The highest BCUT2D eigenvalue weighted by Gasteiger charge is 2.74. The molecule has 2 aromatic heterocycles. The van der Waals surface area contributed by atoms with E-state index >= 15 is 0 Å². The molecule has 2 amide bonds. The van der Waals surface area contributed by atoms with Gasteiger partial charge in [0, 0.05) is 30.8 Å². The van der Waals surface area contributed by atoms with E-state index < -0.39 is 40.0 Å². The number of alkyl halides is 3. The van der Waals surface area contributed by atoms with Gasteiger partial charge in [0.2, 0.25) is 0 Å². The van der Waals surface area contributed by atoms with Gasteiger partial charge in [0.15, 0.2) is 12.4 Å². The third-order valence-electron chi connectivity index (χ3n) is 7.57. The Labute approximate surface area is 226 Å². The van der Waals surface area contributed by atoms with Crippen molar-refractivity contribution < 1.29 is 35.9 Å². The van der Waals surface area contributed by atoms with Crippen molar-refractivity contribution in [3.63, 3.8) is 0 Å². The summed E-state index contributed by atoms with van der Waals surface area (Å²) in [6, 6.07) is 8.14. The third kappa shape index (κ3) is 4.30. The number of aromatic nitrogens is 3. The van der Waals surface area contributed by atoms with Crippen LogP contribution in [0.1, 0.15) is 49.1 Å². The summed E-state index contributed by atoms with van der Waals surface area (Å²) in [4.78, 5) is 31.3. The molecular weight excluding hydrogens is 551 g/mol. The number of halogens is 3. The molecule has 1 aliphatic heterocycles. The molecule has 2 aliphatic carbocycles. The quantitative estimate of drug-likeness (QED) is 0.442. The van der Waals surface area contributed by atoms with Gasteiger partial charge in [0.05, 0.1) is 22.5 Å². The molecule has 1 spiro atoms. The van der Waals surface area contributed by atoms with Crippen LogP contribution in [0.5, 0.6) is 5.75 Å². The molecule has 14 heteroatoms. The van der Waals surface area contributed by atoms with Gasteiger partial charge in [-0.15, -0.1) is 0 Å². The second-order valence-electron chi connectivity index (χ2n) is 10.4. The van der Waals surface area contributed by atoms with Gasteiger partial charge < -0.3 is 15.4 Å². The first kappa shape index (κ1) is 26.3. The number of hydrogen-bond acceptors (Lipinski definition) is 7. The van der Waals surface area contributed by atoms with E-state index in [0.29, 0.717) is 17.9 Å². The van der Waals surface area contributed by atoms with Crippen molar-refractivity contribution in [2.45, 2.75) is 31.0 Å². The van der Waals surface area contributed by atoms with Crippen LogP contribution in [0.2, 0.25) is 0 Å². The summed E-state index contributed by atoms with van der Waals surface area (Å²) in [5.74, 6) is -1.42. The van der Waals surface area contributed by atoms with Crippen LogP contribution in [0, 0.1) is 12.8 Å².